The van der Waals surface area contributed by atoms with Gasteiger partial charge >= 0.3 is 11.8 Å². The normalized spacial score (nSPS) is 9.74. The highest BCUT2D eigenvalue weighted by molar-refractivity contribution is 8.03. The molecule has 23 heavy (non-hydrogen) atoms. The summed E-state index contributed by atoms with van der Waals surface area (Å²) in [5, 5.41) is 25.0. The molecule has 0 unspecified atom stereocenters. The largest absolute Gasteiger partial charge is 0.506 e. The lowest BCUT2D eigenvalue weighted by atomic mass is 10.2. The van der Waals surface area contributed by atoms with Gasteiger partial charge in [0.05, 0.1) is 5.69 Å². The van der Waals surface area contributed by atoms with Crippen LogP contribution in [0.2, 0.25) is 0 Å². The van der Waals surface area contributed by atoms with Gasteiger partial charge in [0.1, 0.15) is 11.2 Å². The van der Waals surface area contributed by atoms with Crippen molar-refractivity contribution in [3.05, 3.63) is 48.0 Å². The van der Waals surface area contributed by atoms with Crippen molar-refractivity contribution in [1.29, 1.82) is 5.26 Å². The highest BCUT2D eigenvalue weighted by Crippen LogP contribution is 2.24. The van der Waals surface area contributed by atoms with Crippen LogP contribution in [0.3, 0.4) is 0 Å². The van der Waals surface area contributed by atoms with Crippen LogP contribution in [0.15, 0.2) is 47.4 Å². The minimum atomic E-state index is -0.889. The second-order valence-electron chi connectivity index (χ2n) is 4.65. The monoisotopic (exact) mass is 327 g/mol. The number of hydrogen-bond acceptors (Lipinski definition) is 5. The van der Waals surface area contributed by atoms with Crippen molar-refractivity contribution in [1.82, 2.24) is 0 Å². The van der Waals surface area contributed by atoms with Gasteiger partial charge in [-0.05, 0) is 60.6 Å². The van der Waals surface area contributed by atoms with Crippen molar-refractivity contribution in [2.75, 3.05) is 10.6 Å². The molecule has 2 rings (SSSR count). The Hall–Kier alpha value is -2.98. The van der Waals surface area contributed by atoms with Crippen LogP contribution >= 0.6 is 11.8 Å². The molecule has 0 radical (unpaired) electrons. The summed E-state index contributed by atoms with van der Waals surface area (Å²) in [6.07, 6.45) is 0. The number of nitriles is 1. The summed E-state index contributed by atoms with van der Waals surface area (Å²) in [6.45, 7) is 1.80. The number of aromatic hydroxyl groups is 1. The number of carbonyl (C=O) groups excluding carboxylic acids is 2. The number of benzene rings is 2. The number of nitrogens with one attached hydrogen (secondary N) is 2. The average molecular weight is 327 g/mol. The number of hydrogen-bond donors (Lipinski definition) is 3. The van der Waals surface area contributed by atoms with E-state index in [1.807, 2.05) is 5.40 Å². The number of nitrogens with zero attached hydrogens (tertiary/aromatic N) is 1. The van der Waals surface area contributed by atoms with Gasteiger partial charge in [-0.15, -0.1) is 0 Å². The fourth-order valence-corrected chi connectivity index (χ4v) is 2.15. The molecule has 0 atom stereocenters. The summed E-state index contributed by atoms with van der Waals surface area (Å²) in [7, 11) is 0. The van der Waals surface area contributed by atoms with Crippen molar-refractivity contribution >= 4 is 35.0 Å². The third kappa shape index (κ3) is 4.49. The molecule has 0 saturated carbocycles. The summed E-state index contributed by atoms with van der Waals surface area (Å²) in [4.78, 5) is 24.4. The second kappa shape index (κ2) is 7.33. The van der Waals surface area contributed by atoms with E-state index in [2.05, 4.69) is 10.6 Å². The SMILES string of the molecule is Cc1ccc(NC(=O)C(=O)Nc2ccc(SC#N)cc2)c(O)c1. The zero-order chi connectivity index (χ0) is 16.8. The van der Waals surface area contributed by atoms with Crippen molar-refractivity contribution in [2.24, 2.45) is 0 Å². The fraction of sp³-hybridized carbons (Fsp3) is 0.0625. The lowest BCUT2D eigenvalue weighted by Crippen LogP contribution is -2.29. The summed E-state index contributed by atoms with van der Waals surface area (Å²) in [6, 6.07) is 11.2. The van der Waals surface area contributed by atoms with Gasteiger partial charge in [-0.25, -0.2) is 0 Å². The lowest BCUT2D eigenvalue weighted by molar-refractivity contribution is -0.133. The minimum Gasteiger partial charge on any atom is -0.506 e. The highest BCUT2D eigenvalue weighted by atomic mass is 32.2. The Balaban J connectivity index is 1.99. The topological polar surface area (TPSA) is 102 Å². The summed E-state index contributed by atoms with van der Waals surface area (Å²) >= 11 is 0.999. The van der Waals surface area contributed by atoms with Crippen LogP contribution in [0.1, 0.15) is 5.56 Å². The van der Waals surface area contributed by atoms with Crippen LogP contribution in [-0.4, -0.2) is 16.9 Å². The van der Waals surface area contributed by atoms with E-state index in [1.54, 1.807) is 37.3 Å². The molecule has 0 fully saturated rings. The molecule has 0 saturated heterocycles. The second-order valence-corrected chi connectivity index (χ2v) is 5.50. The predicted molar refractivity (Wildman–Crippen MR) is 88.0 cm³/mol. The Morgan fingerprint density at radius 2 is 1.74 bits per heavy atom. The number of aryl methyl sites for hydroxylation is 1. The van der Waals surface area contributed by atoms with Crippen molar-refractivity contribution < 1.29 is 14.7 Å². The Morgan fingerprint density at radius 1 is 1.09 bits per heavy atom. The molecular formula is C16H13N3O3S. The zero-order valence-corrected chi connectivity index (χ0v) is 13.0. The van der Waals surface area contributed by atoms with Crippen molar-refractivity contribution in [2.45, 2.75) is 11.8 Å². The molecule has 7 heteroatoms. The summed E-state index contributed by atoms with van der Waals surface area (Å²) in [5.74, 6) is -1.85. The number of phenolic OH excluding ortho intramolecular Hbond substituents is 1. The van der Waals surface area contributed by atoms with Crippen LogP contribution in [0.4, 0.5) is 11.4 Å². The zero-order valence-electron chi connectivity index (χ0n) is 12.2. The first-order valence-electron chi connectivity index (χ1n) is 6.57. The number of phenols is 1. The van der Waals surface area contributed by atoms with E-state index >= 15 is 0 Å². The van der Waals surface area contributed by atoms with Crippen molar-refractivity contribution in [3.63, 3.8) is 0 Å². The summed E-state index contributed by atoms with van der Waals surface area (Å²) < 4.78 is 0. The van der Waals surface area contributed by atoms with Gasteiger partial charge < -0.3 is 15.7 Å². The van der Waals surface area contributed by atoms with E-state index in [1.165, 1.54) is 12.1 Å². The molecule has 0 heterocycles. The Morgan fingerprint density at radius 3 is 2.35 bits per heavy atom. The molecule has 6 nitrogen and oxygen atoms in total. The van der Waals surface area contributed by atoms with Gasteiger partial charge in [-0.1, -0.05) is 6.07 Å². The third-order valence-corrected chi connectivity index (χ3v) is 3.48. The molecule has 3 N–H and O–H groups in total. The van der Waals surface area contributed by atoms with Crippen molar-refractivity contribution in [3.8, 4) is 11.2 Å². The standard InChI is InChI=1S/C16H13N3O3S/c1-10-2-7-13(14(20)8-10)19-16(22)15(21)18-11-3-5-12(6-4-11)23-9-17/h2-8,20H,1H3,(H,18,21)(H,19,22). The first-order chi connectivity index (χ1) is 11.0. The number of thiocyanates is 1. The maximum atomic E-state index is 11.8. The maximum Gasteiger partial charge on any atom is 0.314 e. The molecule has 0 aliphatic rings. The number of anilines is 2. The molecule has 2 aromatic carbocycles. The number of amides is 2. The van der Waals surface area contributed by atoms with Gasteiger partial charge in [0.2, 0.25) is 0 Å². The Bertz CT molecular complexity index is 782. The predicted octanol–water partition coefficient (Wildman–Crippen LogP) is 2.85. The van der Waals surface area contributed by atoms with Gasteiger partial charge in [0.15, 0.2) is 0 Å². The number of rotatable bonds is 3. The van der Waals surface area contributed by atoms with Gasteiger partial charge in [0, 0.05) is 10.6 Å². The first kappa shape index (κ1) is 16.4. The minimum absolute atomic E-state index is 0.107. The van der Waals surface area contributed by atoms with Crippen LogP contribution in [-0.2, 0) is 9.59 Å². The summed E-state index contributed by atoms with van der Waals surface area (Å²) in [5.41, 5.74) is 1.43. The van der Waals surface area contributed by atoms with E-state index in [-0.39, 0.29) is 11.4 Å². The van der Waals surface area contributed by atoms with Crippen LogP contribution in [0, 0.1) is 17.6 Å². The highest BCUT2D eigenvalue weighted by Gasteiger charge is 2.15. The van der Waals surface area contributed by atoms with Crippen LogP contribution in [0.5, 0.6) is 5.75 Å². The molecule has 0 aliphatic carbocycles. The number of carbonyl (C=O) groups is 2. The smallest absolute Gasteiger partial charge is 0.314 e. The molecule has 2 amide bonds. The van der Waals surface area contributed by atoms with E-state index in [0.29, 0.717) is 5.69 Å². The Labute approximate surface area is 137 Å². The first-order valence-corrected chi connectivity index (χ1v) is 7.39. The van der Waals surface area contributed by atoms with E-state index < -0.39 is 11.8 Å². The molecule has 0 aliphatic heterocycles. The Kier molecular flexibility index (Phi) is 5.23. The van der Waals surface area contributed by atoms with E-state index in [4.69, 9.17) is 5.26 Å². The maximum absolute atomic E-state index is 11.8. The van der Waals surface area contributed by atoms with Gasteiger partial charge in [-0.3, -0.25) is 9.59 Å². The molecule has 0 bridgehead atoms. The molecular weight excluding hydrogens is 314 g/mol. The fourth-order valence-electron chi connectivity index (χ4n) is 1.77. The molecule has 116 valence electrons. The molecule has 0 spiro atoms. The lowest BCUT2D eigenvalue weighted by Gasteiger charge is -2.08. The molecule has 2 aromatic rings. The van der Waals surface area contributed by atoms with E-state index in [0.717, 1.165) is 22.2 Å². The van der Waals surface area contributed by atoms with Gasteiger partial charge in [-0.2, -0.15) is 5.26 Å². The number of thioether (sulfide) groups is 1. The van der Waals surface area contributed by atoms with Crippen LogP contribution in [0.25, 0.3) is 0 Å². The molecule has 0 aromatic heterocycles. The average Bonchev–Trinajstić information content (AvgIpc) is 2.52. The van der Waals surface area contributed by atoms with Gasteiger partial charge in [0.25, 0.3) is 0 Å². The quantitative estimate of drug-likeness (QED) is 0.348. The van der Waals surface area contributed by atoms with Crippen LogP contribution < -0.4 is 10.6 Å². The third-order valence-electron chi connectivity index (χ3n) is 2.88. The van der Waals surface area contributed by atoms with E-state index in [9.17, 15) is 14.7 Å².